The summed E-state index contributed by atoms with van der Waals surface area (Å²) in [7, 11) is 0. The van der Waals surface area contributed by atoms with E-state index >= 15 is 0 Å². The van der Waals surface area contributed by atoms with Crippen molar-refractivity contribution >= 4 is 0 Å². The van der Waals surface area contributed by atoms with E-state index in [1.807, 2.05) is 6.08 Å². The lowest BCUT2D eigenvalue weighted by Crippen LogP contribution is -2.44. The third kappa shape index (κ3) is 1.69. The number of piperidine rings is 2. The first-order valence-corrected chi connectivity index (χ1v) is 5.57. The Kier molecular flexibility index (Phi) is 2.87. The molecule has 2 rings (SSSR count). The third-order valence-electron chi connectivity index (χ3n) is 3.38. The third-order valence-corrected chi connectivity index (χ3v) is 3.38. The molecule has 0 spiro atoms. The van der Waals surface area contributed by atoms with Crippen molar-refractivity contribution in [1.29, 1.82) is 0 Å². The van der Waals surface area contributed by atoms with Crippen molar-refractivity contribution in [2.45, 2.75) is 31.7 Å². The molecule has 0 saturated carbocycles. The molecular formula is C13H19N. The summed E-state index contributed by atoms with van der Waals surface area (Å²) >= 11 is 0. The maximum atomic E-state index is 4.16. The number of allylic oxidation sites excluding steroid dienone is 2. The van der Waals surface area contributed by atoms with Crippen LogP contribution in [0.4, 0.5) is 0 Å². The van der Waals surface area contributed by atoms with Gasteiger partial charge in [0.05, 0.1) is 0 Å². The molecule has 0 aliphatic carbocycles. The zero-order valence-corrected chi connectivity index (χ0v) is 8.84. The molecule has 1 heteroatoms. The number of fused-ring (bicyclic) bond motifs is 1. The molecule has 1 nitrogen and oxygen atoms in total. The first-order valence-electron chi connectivity index (χ1n) is 5.57. The van der Waals surface area contributed by atoms with E-state index in [0.717, 1.165) is 6.42 Å². The maximum Gasteiger partial charge on any atom is 0.0350 e. The topological polar surface area (TPSA) is 3.24 Å². The van der Waals surface area contributed by atoms with Gasteiger partial charge >= 0.3 is 0 Å². The molecule has 2 fully saturated rings. The van der Waals surface area contributed by atoms with Crippen LogP contribution >= 0.6 is 0 Å². The molecule has 0 bridgehead atoms. The minimum atomic E-state index is 0.642. The molecule has 2 aliphatic rings. The molecule has 1 atom stereocenters. The van der Waals surface area contributed by atoms with Crippen LogP contribution in [-0.4, -0.2) is 24.0 Å². The van der Waals surface area contributed by atoms with Crippen LogP contribution in [0.3, 0.4) is 0 Å². The van der Waals surface area contributed by atoms with E-state index in [9.17, 15) is 0 Å². The zero-order chi connectivity index (χ0) is 9.97. The van der Waals surface area contributed by atoms with Gasteiger partial charge in [-0.3, -0.25) is 4.90 Å². The molecule has 14 heavy (non-hydrogen) atoms. The van der Waals surface area contributed by atoms with E-state index in [-0.39, 0.29) is 0 Å². The summed E-state index contributed by atoms with van der Waals surface area (Å²) in [5.41, 5.74) is 2.76. The van der Waals surface area contributed by atoms with Crippen LogP contribution in [0.2, 0.25) is 0 Å². The summed E-state index contributed by atoms with van der Waals surface area (Å²) in [5.74, 6) is 0. The highest BCUT2D eigenvalue weighted by atomic mass is 15.2. The monoisotopic (exact) mass is 189 g/mol. The highest BCUT2D eigenvalue weighted by molar-refractivity contribution is 5.38. The number of hydrogen-bond donors (Lipinski definition) is 0. The standard InChI is InChI=1S/C13H19N/c1-3-6-12-11(2)8-10-14-9-5-4-7-13(12)14/h3,6,13H,1-2,4-5,7-10H2/b12-6+. The van der Waals surface area contributed by atoms with Gasteiger partial charge < -0.3 is 0 Å². The summed E-state index contributed by atoms with van der Waals surface area (Å²) in [6, 6.07) is 0.642. The molecule has 76 valence electrons. The van der Waals surface area contributed by atoms with Gasteiger partial charge in [0, 0.05) is 12.6 Å². The summed E-state index contributed by atoms with van der Waals surface area (Å²) in [5, 5.41) is 0. The minimum absolute atomic E-state index is 0.642. The number of hydrogen-bond acceptors (Lipinski definition) is 1. The van der Waals surface area contributed by atoms with Gasteiger partial charge in [-0.05, 0) is 37.0 Å². The van der Waals surface area contributed by atoms with Crippen molar-refractivity contribution in [3.8, 4) is 0 Å². The fraction of sp³-hybridized carbons (Fsp3) is 0.538. The Balaban J connectivity index is 2.21. The molecular weight excluding hydrogens is 170 g/mol. The van der Waals surface area contributed by atoms with Gasteiger partial charge in [-0.2, -0.15) is 0 Å². The van der Waals surface area contributed by atoms with Crippen molar-refractivity contribution < 1.29 is 0 Å². The largest absolute Gasteiger partial charge is 0.296 e. The van der Waals surface area contributed by atoms with E-state index < -0.39 is 0 Å². The van der Waals surface area contributed by atoms with Gasteiger partial charge in [0.2, 0.25) is 0 Å². The van der Waals surface area contributed by atoms with Crippen LogP contribution in [0.15, 0.2) is 36.5 Å². The molecule has 0 radical (unpaired) electrons. The smallest absolute Gasteiger partial charge is 0.0350 e. The van der Waals surface area contributed by atoms with Crippen LogP contribution in [0.25, 0.3) is 0 Å². The van der Waals surface area contributed by atoms with Gasteiger partial charge in [0.25, 0.3) is 0 Å². The molecule has 2 saturated heterocycles. The lowest BCUT2D eigenvalue weighted by Gasteiger charge is -2.41. The number of nitrogens with zero attached hydrogens (tertiary/aromatic N) is 1. The molecule has 0 N–H and O–H groups in total. The summed E-state index contributed by atoms with van der Waals surface area (Å²) in [4.78, 5) is 2.60. The van der Waals surface area contributed by atoms with Crippen molar-refractivity contribution in [1.82, 2.24) is 4.90 Å². The SMILES string of the molecule is C=C/C=C1\C(=C)CCN2CCCCC12. The molecule has 0 aromatic carbocycles. The first-order chi connectivity index (χ1) is 6.83. The predicted octanol–water partition coefficient (Wildman–Crippen LogP) is 2.91. The Morgan fingerprint density at radius 3 is 2.93 bits per heavy atom. The van der Waals surface area contributed by atoms with E-state index in [0.29, 0.717) is 6.04 Å². The number of rotatable bonds is 1. The van der Waals surface area contributed by atoms with Crippen LogP contribution in [0.1, 0.15) is 25.7 Å². The highest BCUT2D eigenvalue weighted by Crippen LogP contribution is 2.32. The molecule has 1 unspecified atom stereocenters. The zero-order valence-electron chi connectivity index (χ0n) is 8.84. The van der Waals surface area contributed by atoms with Gasteiger partial charge in [0.15, 0.2) is 0 Å². The van der Waals surface area contributed by atoms with Crippen LogP contribution < -0.4 is 0 Å². The average Bonchev–Trinajstić information content (AvgIpc) is 2.23. The average molecular weight is 189 g/mol. The molecule has 2 aliphatic heterocycles. The summed E-state index contributed by atoms with van der Waals surface area (Å²) < 4.78 is 0. The van der Waals surface area contributed by atoms with E-state index in [1.54, 1.807) is 0 Å². The highest BCUT2D eigenvalue weighted by Gasteiger charge is 2.29. The molecule has 2 heterocycles. The van der Waals surface area contributed by atoms with Gasteiger partial charge in [0.1, 0.15) is 0 Å². The maximum absolute atomic E-state index is 4.16. The second kappa shape index (κ2) is 4.14. The fourth-order valence-electron chi connectivity index (χ4n) is 2.63. The predicted molar refractivity (Wildman–Crippen MR) is 61.2 cm³/mol. The van der Waals surface area contributed by atoms with Gasteiger partial charge in [-0.1, -0.05) is 31.7 Å². The van der Waals surface area contributed by atoms with Crippen LogP contribution in [0.5, 0.6) is 0 Å². The van der Waals surface area contributed by atoms with Gasteiger partial charge in [-0.15, -0.1) is 0 Å². The van der Waals surface area contributed by atoms with E-state index in [1.165, 1.54) is 43.5 Å². The lowest BCUT2D eigenvalue weighted by molar-refractivity contribution is 0.162. The Labute approximate surface area is 86.8 Å². The second-order valence-corrected chi connectivity index (χ2v) is 4.26. The van der Waals surface area contributed by atoms with E-state index in [4.69, 9.17) is 0 Å². The Morgan fingerprint density at radius 2 is 2.14 bits per heavy atom. The Morgan fingerprint density at radius 1 is 1.29 bits per heavy atom. The normalized spacial score (nSPS) is 31.6. The molecule has 0 aromatic rings. The minimum Gasteiger partial charge on any atom is -0.296 e. The van der Waals surface area contributed by atoms with Crippen molar-refractivity contribution in [2.24, 2.45) is 0 Å². The molecule has 0 amide bonds. The van der Waals surface area contributed by atoms with E-state index in [2.05, 4.69) is 24.1 Å². The van der Waals surface area contributed by atoms with Crippen LogP contribution in [0, 0.1) is 0 Å². The second-order valence-electron chi connectivity index (χ2n) is 4.26. The Bertz CT molecular complexity index is 275. The summed E-state index contributed by atoms with van der Waals surface area (Å²) in [6.45, 7) is 10.4. The van der Waals surface area contributed by atoms with Crippen molar-refractivity contribution in [3.63, 3.8) is 0 Å². The quantitative estimate of drug-likeness (QED) is 0.613. The van der Waals surface area contributed by atoms with Crippen LogP contribution in [-0.2, 0) is 0 Å². The van der Waals surface area contributed by atoms with Gasteiger partial charge in [-0.25, -0.2) is 0 Å². The van der Waals surface area contributed by atoms with Crippen molar-refractivity contribution in [2.75, 3.05) is 13.1 Å². The molecule has 0 aromatic heterocycles. The summed E-state index contributed by atoms with van der Waals surface area (Å²) in [6.07, 6.45) is 9.23. The van der Waals surface area contributed by atoms with Crippen molar-refractivity contribution in [3.05, 3.63) is 36.5 Å². The fourth-order valence-corrected chi connectivity index (χ4v) is 2.63. The first kappa shape index (κ1) is 9.72. The lowest BCUT2D eigenvalue weighted by atomic mass is 9.85. The Hall–Kier alpha value is -0.820.